The van der Waals surface area contributed by atoms with E-state index in [9.17, 15) is 4.79 Å². The lowest BCUT2D eigenvalue weighted by molar-refractivity contribution is -0.120. The van der Waals surface area contributed by atoms with E-state index < -0.39 is 0 Å². The molecule has 0 unspecified atom stereocenters. The Balaban J connectivity index is 1.22. The smallest absolute Gasteiger partial charge is 0.220 e. The number of nitrogens with zero attached hydrogens (tertiary/aromatic N) is 2. The van der Waals surface area contributed by atoms with E-state index in [0.717, 1.165) is 12.2 Å². The number of ether oxygens (including phenoxy) is 1. The molecule has 8 heteroatoms. The van der Waals surface area contributed by atoms with Crippen molar-refractivity contribution in [3.8, 4) is 5.88 Å². The van der Waals surface area contributed by atoms with Crippen molar-refractivity contribution in [2.24, 2.45) is 0 Å². The molecule has 182 valence electrons. The summed E-state index contributed by atoms with van der Waals surface area (Å²) in [6.45, 7) is 4.83. The second kappa shape index (κ2) is 15.0. The minimum absolute atomic E-state index is 0.0152. The first-order valence-electron chi connectivity index (χ1n) is 12.0. The van der Waals surface area contributed by atoms with Gasteiger partial charge in [-0.2, -0.15) is 0 Å². The Morgan fingerprint density at radius 1 is 1.09 bits per heavy atom. The molecule has 0 atom stereocenters. The maximum atomic E-state index is 12.0. The molecule has 0 bridgehead atoms. The predicted octanol–water partition coefficient (Wildman–Crippen LogP) is 3.89. The van der Waals surface area contributed by atoms with Crippen molar-refractivity contribution >= 4 is 28.9 Å². The molecular weight excluding hydrogens is 446 g/mol. The summed E-state index contributed by atoms with van der Waals surface area (Å²) < 4.78 is 5.73. The Labute approximate surface area is 208 Å². The average Bonchev–Trinajstić information content (AvgIpc) is 2.85. The third-order valence-corrected chi connectivity index (χ3v) is 5.71. The van der Waals surface area contributed by atoms with Crippen LogP contribution in [0.2, 0.25) is 0 Å². The number of para-hydroxylation sites is 1. The van der Waals surface area contributed by atoms with E-state index in [1.165, 1.54) is 37.9 Å². The van der Waals surface area contributed by atoms with Gasteiger partial charge in [0.05, 0.1) is 0 Å². The van der Waals surface area contributed by atoms with Gasteiger partial charge in [0.1, 0.15) is 6.61 Å². The Kier molecular flexibility index (Phi) is 11.3. The highest BCUT2D eigenvalue weighted by atomic mass is 32.1. The van der Waals surface area contributed by atoms with Gasteiger partial charge in [-0.1, -0.05) is 30.7 Å². The normalized spacial score (nSPS) is 14.0. The Morgan fingerprint density at radius 3 is 2.74 bits per heavy atom. The van der Waals surface area contributed by atoms with Gasteiger partial charge in [-0.25, -0.2) is 4.98 Å². The maximum Gasteiger partial charge on any atom is 0.220 e. The van der Waals surface area contributed by atoms with Gasteiger partial charge in [0.25, 0.3) is 0 Å². The first kappa shape index (κ1) is 25.6. The number of pyridine rings is 1. The number of thiocarbonyl (C=S) groups is 1. The Morgan fingerprint density at radius 2 is 1.91 bits per heavy atom. The monoisotopic (exact) mass is 481 g/mol. The van der Waals surface area contributed by atoms with E-state index in [1.54, 1.807) is 6.20 Å². The zero-order valence-electron chi connectivity index (χ0n) is 19.7. The summed E-state index contributed by atoms with van der Waals surface area (Å²) in [4.78, 5) is 18.7. The highest BCUT2D eigenvalue weighted by Gasteiger charge is 2.10. The highest BCUT2D eigenvalue weighted by molar-refractivity contribution is 7.80. The third-order valence-electron chi connectivity index (χ3n) is 5.46. The number of hydrogen-bond donors (Lipinski definition) is 3. The van der Waals surface area contributed by atoms with Crippen molar-refractivity contribution < 1.29 is 9.53 Å². The van der Waals surface area contributed by atoms with Crippen LogP contribution in [0.4, 0.5) is 5.69 Å². The zero-order valence-corrected chi connectivity index (χ0v) is 20.5. The van der Waals surface area contributed by atoms with E-state index >= 15 is 0 Å². The number of hydrogen-bond acceptors (Lipinski definition) is 5. The number of rotatable bonds is 12. The van der Waals surface area contributed by atoms with Crippen molar-refractivity contribution in [3.63, 3.8) is 0 Å². The van der Waals surface area contributed by atoms with Crippen LogP contribution < -0.4 is 20.7 Å². The summed E-state index contributed by atoms with van der Waals surface area (Å²) in [6, 6.07) is 13.8. The second-order valence-corrected chi connectivity index (χ2v) is 8.68. The number of carbonyl (C=O) groups excluding carboxylic acids is 1. The molecule has 2 heterocycles. The molecule has 3 rings (SSSR count). The van der Waals surface area contributed by atoms with Gasteiger partial charge in [0.15, 0.2) is 5.11 Å². The van der Waals surface area contributed by atoms with Crippen LogP contribution >= 0.6 is 12.2 Å². The van der Waals surface area contributed by atoms with Crippen molar-refractivity contribution in [1.82, 2.24) is 20.5 Å². The topological polar surface area (TPSA) is 78.5 Å². The predicted molar refractivity (Wildman–Crippen MR) is 141 cm³/mol. The lowest BCUT2D eigenvalue weighted by Gasteiger charge is -2.26. The van der Waals surface area contributed by atoms with Crippen LogP contribution in [0.25, 0.3) is 0 Å². The first-order valence-corrected chi connectivity index (χ1v) is 12.4. The van der Waals surface area contributed by atoms with E-state index in [0.29, 0.717) is 43.5 Å². The number of nitrogens with one attached hydrogen (secondary N) is 3. The SMILES string of the molecule is O=C(CCCNC(=S)Nc1ccccc1)NC/C=C\COc1cc(CN2CCCCC2)ccn1. The number of benzene rings is 1. The molecule has 1 saturated heterocycles. The molecule has 3 N–H and O–H groups in total. The largest absolute Gasteiger partial charge is 0.473 e. The van der Waals surface area contributed by atoms with E-state index in [-0.39, 0.29) is 5.91 Å². The summed E-state index contributed by atoms with van der Waals surface area (Å²) >= 11 is 5.25. The van der Waals surface area contributed by atoms with Crippen LogP contribution in [0.1, 0.15) is 37.7 Å². The molecule has 0 spiro atoms. The van der Waals surface area contributed by atoms with Crippen LogP contribution in [0.3, 0.4) is 0 Å². The quantitative estimate of drug-likeness (QED) is 0.241. The fraction of sp³-hybridized carbons (Fsp3) is 0.423. The molecule has 2 aromatic rings. The van der Waals surface area contributed by atoms with E-state index in [2.05, 4.69) is 31.9 Å². The molecule has 1 aliphatic rings. The minimum atomic E-state index is 0.0152. The molecule has 1 aromatic carbocycles. The van der Waals surface area contributed by atoms with Crippen LogP contribution in [0.15, 0.2) is 60.8 Å². The first-order chi connectivity index (χ1) is 16.7. The Bertz CT molecular complexity index is 916. The van der Waals surface area contributed by atoms with Crippen LogP contribution in [-0.4, -0.2) is 53.7 Å². The molecule has 1 fully saturated rings. The third kappa shape index (κ3) is 10.3. The molecule has 1 aliphatic heterocycles. The number of carbonyl (C=O) groups is 1. The summed E-state index contributed by atoms with van der Waals surface area (Å²) in [5.41, 5.74) is 2.17. The van der Waals surface area contributed by atoms with Crippen LogP contribution in [0, 0.1) is 0 Å². The summed E-state index contributed by atoms with van der Waals surface area (Å²) in [5, 5.41) is 9.66. The fourth-order valence-electron chi connectivity index (χ4n) is 3.70. The number of anilines is 1. The van der Waals surface area contributed by atoms with Crippen molar-refractivity contribution in [3.05, 3.63) is 66.4 Å². The molecule has 0 radical (unpaired) electrons. The number of amides is 1. The highest BCUT2D eigenvalue weighted by Crippen LogP contribution is 2.15. The van der Waals surface area contributed by atoms with Gasteiger partial charge in [-0.15, -0.1) is 0 Å². The molecule has 1 aromatic heterocycles. The standard InChI is InChI=1S/C26H35N5O2S/c32-24(12-9-15-29-26(34)30-23-10-3-1-4-11-23)27-14-5-8-19-33-25-20-22(13-16-28-25)21-31-17-6-2-7-18-31/h1,3-5,8,10-11,13,16,20H,2,6-7,9,12,14-15,17-19,21H2,(H,27,32)(H2,29,30,34)/b8-5-. The second-order valence-electron chi connectivity index (χ2n) is 8.28. The zero-order chi connectivity index (χ0) is 23.8. The molecule has 7 nitrogen and oxygen atoms in total. The summed E-state index contributed by atoms with van der Waals surface area (Å²) in [6.07, 6.45) is 10.7. The maximum absolute atomic E-state index is 12.0. The van der Waals surface area contributed by atoms with Gasteiger partial charge in [0.2, 0.25) is 11.8 Å². The number of aromatic nitrogens is 1. The van der Waals surface area contributed by atoms with Crippen molar-refractivity contribution in [2.45, 2.75) is 38.6 Å². The lowest BCUT2D eigenvalue weighted by Crippen LogP contribution is -2.30. The van der Waals surface area contributed by atoms with Crippen LogP contribution in [0.5, 0.6) is 5.88 Å². The lowest BCUT2D eigenvalue weighted by atomic mass is 10.1. The van der Waals surface area contributed by atoms with Crippen LogP contribution in [-0.2, 0) is 11.3 Å². The number of piperidine rings is 1. The van der Waals surface area contributed by atoms with Gasteiger partial charge < -0.3 is 20.7 Å². The Hall–Kier alpha value is -2.97. The molecule has 0 saturated carbocycles. The van der Waals surface area contributed by atoms with Crippen molar-refractivity contribution in [2.75, 3.05) is 38.1 Å². The van der Waals surface area contributed by atoms with Crippen molar-refractivity contribution in [1.29, 1.82) is 0 Å². The van der Waals surface area contributed by atoms with Gasteiger partial charge >= 0.3 is 0 Å². The molecular formula is C26H35N5O2S. The van der Waals surface area contributed by atoms with Gasteiger partial charge in [-0.3, -0.25) is 9.69 Å². The van der Waals surface area contributed by atoms with Gasteiger partial charge in [-0.05, 0) is 74.4 Å². The molecule has 0 aliphatic carbocycles. The van der Waals surface area contributed by atoms with E-state index in [1.807, 2.05) is 48.6 Å². The average molecular weight is 482 g/mol. The summed E-state index contributed by atoms with van der Waals surface area (Å²) in [5.74, 6) is 0.650. The number of likely N-dealkylation sites (tertiary alicyclic amines) is 1. The summed E-state index contributed by atoms with van der Waals surface area (Å²) in [7, 11) is 0. The minimum Gasteiger partial charge on any atom is -0.473 e. The fourth-order valence-corrected chi connectivity index (χ4v) is 3.92. The molecule has 1 amide bonds. The van der Waals surface area contributed by atoms with E-state index in [4.69, 9.17) is 17.0 Å². The molecule has 34 heavy (non-hydrogen) atoms. The van der Waals surface area contributed by atoms with Gasteiger partial charge in [0, 0.05) is 44.0 Å².